The SMILES string of the molecule is COCc1cccc(CNC(=O)NC(c2ccc(F)cc2)C2CCCO2)c1. The fourth-order valence-electron chi connectivity index (χ4n) is 3.30. The molecule has 1 fully saturated rings. The minimum Gasteiger partial charge on any atom is -0.380 e. The number of rotatable bonds is 7. The predicted octanol–water partition coefficient (Wildman–Crippen LogP) is 3.69. The summed E-state index contributed by atoms with van der Waals surface area (Å²) in [5.74, 6) is -0.301. The Kier molecular flexibility index (Phi) is 6.79. The van der Waals surface area contributed by atoms with E-state index >= 15 is 0 Å². The van der Waals surface area contributed by atoms with Crippen LogP contribution in [0.1, 0.15) is 35.6 Å². The first-order chi connectivity index (χ1) is 13.2. The van der Waals surface area contributed by atoms with E-state index in [2.05, 4.69) is 10.6 Å². The average Bonchev–Trinajstić information content (AvgIpc) is 3.20. The van der Waals surface area contributed by atoms with Gasteiger partial charge in [0.2, 0.25) is 0 Å². The van der Waals surface area contributed by atoms with E-state index in [-0.39, 0.29) is 24.0 Å². The van der Waals surface area contributed by atoms with Gasteiger partial charge < -0.3 is 20.1 Å². The van der Waals surface area contributed by atoms with Gasteiger partial charge in [0.25, 0.3) is 0 Å². The van der Waals surface area contributed by atoms with Crippen molar-refractivity contribution in [2.24, 2.45) is 0 Å². The number of benzene rings is 2. The molecule has 2 atom stereocenters. The number of hydrogen-bond acceptors (Lipinski definition) is 3. The van der Waals surface area contributed by atoms with Crippen molar-refractivity contribution >= 4 is 6.03 Å². The topological polar surface area (TPSA) is 59.6 Å². The van der Waals surface area contributed by atoms with E-state index in [9.17, 15) is 9.18 Å². The Morgan fingerprint density at radius 2 is 2.04 bits per heavy atom. The second kappa shape index (κ2) is 9.48. The van der Waals surface area contributed by atoms with Crippen molar-refractivity contribution in [3.63, 3.8) is 0 Å². The Morgan fingerprint density at radius 3 is 2.74 bits per heavy atom. The molecule has 1 heterocycles. The Balaban J connectivity index is 1.62. The van der Waals surface area contributed by atoms with Crippen LogP contribution in [0.3, 0.4) is 0 Å². The van der Waals surface area contributed by atoms with Gasteiger partial charge in [-0.1, -0.05) is 36.4 Å². The van der Waals surface area contributed by atoms with E-state index in [1.165, 1.54) is 12.1 Å². The van der Waals surface area contributed by atoms with Gasteiger partial charge in [0.05, 0.1) is 18.8 Å². The predicted molar refractivity (Wildman–Crippen MR) is 101 cm³/mol. The van der Waals surface area contributed by atoms with Crippen molar-refractivity contribution in [1.82, 2.24) is 10.6 Å². The Bertz CT molecular complexity index is 745. The summed E-state index contributed by atoms with van der Waals surface area (Å²) in [6.07, 6.45) is 1.71. The lowest BCUT2D eigenvalue weighted by molar-refractivity contribution is 0.0807. The molecule has 2 amide bonds. The van der Waals surface area contributed by atoms with Crippen LogP contribution in [-0.4, -0.2) is 25.9 Å². The van der Waals surface area contributed by atoms with Gasteiger partial charge in [-0.15, -0.1) is 0 Å². The van der Waals surface area contributed by atoms with Gasteiger partial charge in [0.15, 0.2) is 0 Å². The van der Waals surface area contributed by atoms with Crippen molar-refractivity contribution in [3.8, 4) is 0 Å². The van der Waals surface area contributed by atoms with Gasteiger partial charge in [-0.25, -0.2) is 9.18 Å². The fourth-order valence-corrected chi connectivity index (χ4v) is 3.30. The van der Waals surface area contributed by atoms with Crippen LogP contribution in [0.15, 0.2) is 48.5 Å². The molecule has 2 unspecified atom stereocenters. The van der Waals surface area contributed by atoms with Gasteiger partial charge in [-0.2, -0.15) is 0 Å². The molecule has 144 valence electrons. The number of hydrogen-bond donors (Lipinski definition) is 2. The van der Waals surface area contributed by atoms with E-state index < -0.39 is 0 Å². The highest BCUT2D eigenvalue weighted by molar-refractivity contribution is 5.74. The highest BCUT2D eigenvalue weighted by atomic mass is 19.1. The van der Waals surface area contributed by atoms with Crippen LogP contribution in [-0.2, 0) is 22.6 Å². The third-order valence-corrected chi connectivity index (χ3v) is 4.61. The summed E-state index contributed by atoms with van der Waals surface area (Å²) in [5.41, 5.74) is 2.89. The largest absolute Gasteiger partial charge is 0.380 e. The second-order valence-corrected chi connectivity index (χ2v) is 6.66. The third-order valence-electron chi connectivity index (χ3n) is 4.61. The zero-order valence-corrected chi connectivity index (χ0v) is 15.4. The molecule has 6 heteroatoms. The fraction of sp³-hybridized carbons (Fsp3) is 0.381. The maximum atomic E-state index is 13.2. The van der Waals surface area contributed by atoms with Crippen molar-refractivity contribution in [2.45, 2.75) is 38.1 Å². The molecule has 1 aliphatic rings. The highest BCUT2D eigenvalue weighted by Crippen LogP contribution is 2.27. The molecular weight excluding hydrogens is 347 g/mol. The number of carbonyl (C=O) groups excluding carboxylic acids is 1. The highest BCUT2D eigenvalue weighted by Gasteiger charge is 2.28. The number of ether oxygens (including phenoxy) is 2. The molecule has 2 aromatic carbocycles. The summed E-state index contributed by atoms with van der Waals surface area (Å²) in [5, 5.41) is 5.87. The molecule has 0 spiro atoms. The van der Waals surface area contributed by atoms with Crippen LogP contribution >= 0.6 is 0 Å². The maximum absolute atomic E-state index is 13.2. The lowest BCUT2D eigenvalue weighted by atomic mass is 9.99. The van der Waals surface area contributed by atoms with Gasteiger partial charge >= 0.3 is 6.03 Å². The number of halogens is 1. The van der Waals surface area contributed by atoms with Gasteiger partial charge in [-0.3, -0.25) is 0 Å². The summed E-state index contributed by atoms with van der Waals surface area (Å²) >= 11 is 0. The summed E-state index contributed by atoms with van der Waals surface area (Å²) in [6.45, 7) is 1.62. The molecule has 0 radical (unpaired) electrons. The van der Waals surface area contributed by atoms with Gasteiger partial charge in [0.1, 0.15) is 5.82 Å². The molecule has 5 nitrogen and oxygen atoms in total. The summed E-state index contributed by atoms with van der Waals surface area (Å²) < 4.78 is 24.1. The van der Waals surface area contributed by atoms with E-state index in [0.717, 1.165) is 29.5 Å². The first kappa shape index (κ1) is 19.3. The number of methoxy groups -OCH3 is 1. The summed E-state index contributed by atoms with van der Waals surface area (Å²) in [6, 6.07) is 13.5. The first-order valence-electron chi connectivity index (χ1n) is 9.14. The van der Waals surface area contributed by atoms with Crippen molar-refractivity contribution < 1.29 is 18.7 Å². The zero-order chi connectivity index (χ0) is 19.1. The first-order valence-corrected chi connectivity index (χ1v) is 9.14. The van der Waals surface area contributed by atoms with Crippen LogP contribution in [0.25, 0.3) is 0 Å². The van der Waals surface area contributed by atoms with Crippen molar-refractivity contribution in [3.05, 3.63) is 71.0 Å². The minimum absolute atomic E-state index is 0.105. The average molecular weight is 372 g/mol. The number of amides is 2. The molecule has 2 aromatic rings. The molecule has 3 rings (SSSR count). The van der Waals surface area contributed by atoms with Crippen molar-refractivity contribution in [1.29, 1.82) is 0 Å². The van der Waals surface area contributed by atoms with E-state index in [4.69, 9.17) is 9.47 Å². The quantitative estimate of drug-likeness (QED) is 0.779. The molecule has 0 aliphatic carbocycles. The third kappa shape index (κ3) is 5.52. The van der Waals surface area contributed by atoms with Gasteiger partial charge in [-0.05, 0) is 41.7 Å². The van der Waals surface area contributed by atoms with E-state index in [0.29, 0.717) is 19.8 Å². The Hall–Kier alpha value is -2.44. The maximum Gasteiger partial charge on any atom is 0.315 e. The molecular formula is C21H25FN2O3. The minimum atomic E-state index is -0.312. The molecule has 0 aromatic heterocycles. The second-order valence-electron chi connectivity index (χ2n) is 6.66. The van der Waals surface area contributed by atoms with Gasteiger partial charge in [0, 0.05) is 20.3 Å². The lowest BCUT2D eigenvalue weighted by Gasteiger charge is -2.25. The molecule has 1 aliphatic heterocycles. The Labute approximate surface area is 158 Å². The smallest absolute Gasteiger partial charge is 0.315 e. The lowest BCUT2D eigenvalue weighted by Crippen LogP contribution is -2.42. The van der Waals surface area contributed by atoms with Crippen LogP contribution in [0, 0.1) is 5.82 Å². The van der Waals surface area contributed by atoms with E-state index in [1.54, 1.807) is 19.2 Å². The zero-order valence-electron chi connectivity index (χ0n) is 15.4. The van der Waals surface area contributed by atoms with Crippen LogP contribution < -0.4 is 10.6 Å². The molecule has 0 bridgehead atoms. The van der Waals surface area contributed by atoms with Crippen molar-refractivity contribution in [2.75, 3.05) is 13.7 Å². The summed E-state index contributed by atoms with van der Waals surface area (Å²) in [7, 11) is 1.65. The van der Waals surface area contributed by atoms with E-state index in [1.807, 2.05) is 24.3 Å². The molecule has 2 N–H and O–H groups in total. The number of carbonyl (C=O) groups is 1. The number of nitrogens with one attached hydrogen (secondary N) is 2. The molecule has 0 saturated carbocycles. The van der Waals surface area contributed by atoms with Crippen LogP contribution in [0.2, 0.25) is 0 Å². The normalized spacial score (nSPS) is 17.5. The number of urea groups is 1. The van der Waals surface area contributed by atoms with Crippen LogP contribution in [0.5, 0.6) is 0 Å². The Morgan fingerprint density at radius 1 is 1.26 bits per heavy atom. The van der Waals surface area contributed by atoms with Crippen LogP contribution in [0.4, 0.5) is 9.18 Å². The summed E-state index contributed by atoms with van der Waals surface area (Å²) in [4.78, 5) is 12.5. The monoisotopic (exact) mass is 372 g/mol. The molecule has 1 saturated heterocycles. The molecule has 27 heavy (non-hydrogen) atoms. The standard InChI is InChI=1S/C21H25FN2O3/c1-26-14-16-5-2-4-15(12-16)13-23-21(25)24-20(19-6-3-11-27-19)17-7-9-18(22)10-8-17/h2,4-5,7-10,12,19-20H,3,6,11,13-14H2,1H3,(H2,23,24,25).